The first kappa shape index (κ1) is 22.4. The fraction of sp³-hybridized carbons (Fsp3) is 0.714. The molecule has 31 heavy (non-hydrogen) atoms. The second-order valence-corrected chi connectivity index (χ2v) is 10.7. The number of piperazine rings is 1. The van der Waals surface area contributed by atoms with Crippen molar-refractivity contribution in [3.8, 4) is 0 Å². The van der Waals surface area contributed by atoms with E-state index in [2.05, 4.69) is 21.7 Å². The summed E-state index contributed by atoms with van der Waals surface area (Å²) in [5, 5.41) is 0. The number of pyridine rings is 1. The Kier molecular flexibility index (Phi) is 7.10. The molecule has 3 saturated heterocycles. The van der Waals surface area contributed by atoms with E-state index in [0.29, 0.717) is 38.8 Å². The van der Waals surface area contributed by atoms with Crippen molar-refractivity contribution >= 4 is 21.7 Å². The smallest absolute Gasteiger partial charge is 0.244 e. The summed E-state index contributed by atoms with van der Waals surface area (Å²) in [6, 6.07) is 3.42. The number of rotatable bonds is 5. The molecule has 9 nitrogen and oxygen atoms in total. The van der Waals surface area contributed by atoms with Crippen LogP contribution in [-0.4, -0.2) is 106 Å². The van der Waals surface area contributed by atoms with E-state index >= 15 is 0 Å². The summed E-state index contributed by atoms with van der Waals surface area (Å²) in [6.45, 7) is 9.18. The minimum atomic E-state index is -3.52. The third kappa shape index (κ3) is 5.36. The lowest BCUT2D eigenvalue weighted by molar-refractivity contribution is -0.134. The van der Waals surface area contributed by atoms with Crippen LogP contribution < -0.4 is 4.90 Å². The fourth-order valence-electron chi connectivity index (χ4n) is 4.49. The Morgan fingerprint density at radius 2 is 1.84 bits per heavy atom. The van der Waals surface area contributed by atoms with Gasteiger partial charge in [-0.15, -0.1) is 0 Å². The van der Waals surface area contributed by atoms with Gasteiger partial charge in [0, 0.05) is 58.6 Å². The van der Waals surface area contributed by atoms with Crippen molar-refractivity contribution in [2.75, 3.05) is 77.0 Å². The zero-order chi connectivity index (χ0) is 21.8. The summed E-state index contributed by atoms with van der Waals surface area (Å²) in [7, 11) is -3.52. The summed E-state index contributed by atoms with van der Waals surface area (Å²) >= 11 is 0. The zero-order valence-electron chi connectivity index (χ0n) is 18.3. The zero-order valence-corrected chi connectivity index (χ0v) is 19.1. The van der Waals surface area contributed by atoms with Gasteiger partial charge in [0.2, 0.25) is 15.9 Å². The number of hydrogen-bond acceptors (Lipinski definition) is 7. The van der Waals surface area contributed by atoms with Crippen molar-refractivity contribution in [1.29, 1.82) is 0 Å². The number of ether oxygens (including phenoxy) is 1. The molecule has 4 rings (SSSR count). The van der Waals surface area contributed by atoms with Gasteiger partial charge in [0.05, 0.1) is 19.8 Å². The number of piperidine rings is 1. The number of sulfonamides is 1. The van der Waals surface area contributed by atoms with Crippen LogP contribution in [0.25, 0.3) is 0 Å². The first-order valence-corrected chi connectivity index (χ1v) is 12.7. The molecule has 0 aliphatic carbocycles. The van der Waals surface area contributed by atoms with Crippen LogP contribution in [0.5, 0.6) is 0 Å². The van der Waals surface area contributed by atoms with Crippen LogP contribution in [0.4, 0.5) is 5.82 Å². The van der Waals surface area contributed by atoms with E-state index in [0.717, 1.165) is 51.5 Å². The summed E-state index contributed by atoms with van der Waals surface area (Å²) in [4.78, 5) is 23.6. The molecule has 4 heterocycles. The SMILES string of the molecule is CC1CCCN(C(=O)CN2CCN(c3ccc(S(=O)(=O)N4CCOCC4)cn3)CC2)C1. The highest BCUT2D eigenvalue weighted by Gasteiger charge is 2.28. The number of likely N-dealkylation sites (tertiary alicyclic amines) is 1. The van der Waals surface area contributed by atoms with Gasteiger partial charge in [-0.3, -0.25) is 9.69 Å². The van der Waals surface area contributed by atoms with Crippen LogP contribution in [0.3, 0.4) is 0 Å². The van der Waals surface area contributed by atoms with E-state index in [-0.39, 0.29) is 10.8 Å². The lowest BCUT2D eigenvalue weighted by Crippen LogP contribution is -2.51. The van der Waals surface area contributed by atoms with Crippen LogP contribution in [-0.2, 0) is 19.6 Å². The highest BCUT2D eigenvalue weighted by atomic mass is 32.2. The molecule has 0 radical (unpaired) electrons. The standard InChI is InChI=1S/C21H33N5O4S/c1-18-3-2-6-25(16-18)21(27)17-23-7-9-24(10-8-23)20-5-4-19(15-22-20)31(28,29)26-11-13-30-14-12-26/h4-5,15,18H,2-3,6-14,16-17H2,1H3. The molecule has 3 aliphatic rings. The van der Waals surface area contributed by atoms with Crippen molar-refractivity contribution < 1.29 is 17.9 Å². The maximum Gasteiger partial charge on any atom is 0.244 e. The largest absolute Gasteiger partial charge is 0.379 e. The highest BCUT2D eigenvalue weighted by molar-refractivity contribution is 7.89. The quantitative estimate of drug-likeness (QED) is 0.644. The minimum absolute atomic E-state index is 0.221. The number of carbonyl (C=O) groups excluding carboxylic acids is 1. The lowest BCUT2D eigenvalue weighted by atomic mass is 10.0. The minimum Gasteiger partial charge on any atom is -0.379 e. The summed E-state index contributed by atoms with van der Waals surface area (Å²) in [6.07, 6.45) is 3.76. The van der Waals surface area contributed by atoms with Crippen LogP contribution in [0.1, 0.15) is 19.8 Å². The van der Waals surface area contributed by atoms with Crippen molar-refractivity contribution in [3.63, 3.8) is 0 Å². The van der Waals surface area contributed by atoms with Crippen LogP contribution in [0, 0.1) is 5.92 Å². The van der Waals surface area contributed by atoms with Crippen molar-refractivity contribution in [1.82, 2.24) is 19.1 Å². The van der Waals surface area contributed by atoms with Crippen LogP contribution >= 0.6 is 0 Å². The van der Waals surface area contributed by atoms with E-state index < -0.39 is 10.0 Å². The van der Waals surface area contributed by atoms with Crippen molar-refractivity contribution in [2.24, 2.45) is 5.92 Å². The average molecular weight is 452 g/mol. The summed E-state index contributed by atoms with van der Waals surface area (Å²) in [5.74, 6) is 1.60. The Morgan fingerprint density at radius 3 is 2.48 bits per heavy atom. The monoisotopic (exact) mass is 451 g/mol. The van der Waals surface area contributed by atoms with Gasteiger partial charge in [0.15, 0.2) is 0 Å². The molecule has 1 aromatic rings. The Bertz CT molecular complexity index is 849. The number of amides is 1. The molecular weight excluding hydrogens is 418 g/mol. The van der Waals surface area contributed by atoms with Gasteiger partial charge in [0.1, 0.15) is 10.7 Å². The average Bonchev–Trinajstić information content (AvgIpc) is 2.80. The maximum atomic E-state index is 12.7. The molecule has 1 aromatic heterocycles. The van der Waals surface area contributed by atoms with Gasteiger partial charge in [-0.05, 0) is 30.9 Å². The normalized spacial score (nSPS) is 24.4. The first-order chi connectivity index (χ1) is 14.9. The molecule has 0 spiro atoms. The first-order valence-electron chi connectivity index (χ1n) is 11.2. The molecule has 0 saturated carbocycles. The molecule has 1 unspecified atom stereocenters. The molecule has 172 valence electrons. The lowest BCUT2D eigenvalue weighted by Gasteiger charge is -2.37. The molecular formula is C21H33N5O4S. The van der Waals surface area contributed by atoms with E-state index in [1.165, 1.54) is 16.9 Å². The van der Waals surface area contributed by atoms with Gasteiger partial charge in [-0.2, -0.15) is 4.31 Å². The molecule has 1 amide bonds. The Labute approximate surface area is 185 Å². The summed E-state index contributed by atoms with van der Waals surface area (Å²) in [5.41, 5.74) is 0. The number of anilines is 1. The van der Waals surface area contributed by atoms with Crippen LogP contribution in [0.2, 0.25) is 0 Å². The number of morpholine rings is 1. The Hall–Kier alpha value is -1.75. The second-order valence-electron chi connectivity index (χ2n) is 8.72. The van der Waals surface area contributed by atoms with Gasteiger partial charge in [-0.25, -0.2) is 13.4 Å². The number of aromatic nitrogens is 1. The number of carbonyl (C=O) groups is 1. The molecule has 3 aliphatic heterocycles. The molecule has 10 heteroatoms. The van der Waals surface area contributed by atoms with Gasteiger partial charge in [0.25, 0.3) is 0 Å². The second kappa shape index (κ2) is 9.81. The summed E-state index contributed by atoms with van der Waals surface area (Å²) < 4.78 is 32.2. The fourth-order valence-corrected chi connectivity index (χ4v) is 5.84. The van der Waals surface area contributed by atoms with E-state index in [9.17, 15) is 13.2 Å². The van der Waals surface area contributed by atoms with Gasteiger partial charge < -0.3 is 14.5 Å². The molecule has 1 atom stereocenters. The maximum absolute atomic E-state index is 12.7. The van der Waals surface area contributed by atoms with Crippen molar-refractivity contribution in [3.05, 3.63) is 18.3 Å². The predicted molar refractivity (Wildman–Crippen MR) is 117 cm³/mol. The van der Waals surface area contributed by atoms with Gasteiger partial charge in [-0.1, -0.05) is 6.92 Å². The van der Waals surface area contributed by atoms with E-state index in [4.69, 9.17) is 4.74 Å². The third-order valence-corrected chi connectivity index (χ3v) is 8.28. The topological polar surface area (TPSA) is 86.3 Å². The Balaban J connectivity index is 1.29. The molecule has 0 N–H and O–H groups in total. The molecule has 3 fully saturated rings. The predicted octanol–water partition coefficient (Wildman–Crippen LogP) is 0.483. The molecule has 0 aromatic carbocycles. The third-order valence-electron chi connectivity index (χ3n) is 6.39. The van der Waals surface area contributed by atoms with E-state index in [1.807, 2.05) is 4.90 Å². The van der Waals surface area contributed by atoms with Crippen LogP contribution in [0.15, 0.2) is 23.2 Å². The number of nitrogens with zero attached hydrogens (tertiary/aromatic N) is 5. The van der Waals surface area contributed by atoms with Crippen molar-refractivity contribution in [2.45, 2.75) is 24.7 Å². The molecule has 0 bridgehead atoms. The van der Waals surface area contributed by atoms with E-state index in [1.54, 1.807) is 12.1 Å². The highest BCUT2D eigenvalue weighted by Crippen LogP contribution is 2.20. The van der Waals surface area contributed by atoms with Gasteiger partial charge >= 0.3 is 0 Å². The number of hydrogen-bond donors (Lipinski definition) is 0. The Morgan fingerprint density at radius 1 is 1.10 bits per heavy atom.